The molecular formula is C25H27ClF3NO3. The first-order valence-electron chi connectivity index (χ1n) is 11.2. The minimum atomic E-state index is -4.40. The highest BCUT2D eigenvalue weighted by molar-refractivity contribution is 6.31. The van der Waals surface area contributed by atoms with Gasteiger partial charge in [-0.15, -0.1) is 0 Å². The lowest BCUT2D eigenvalue weighted by Gasteiger charge is -2.37. The molecule has 0 aromatic heterocycles. The number of carbonyl (C=O) groups is 1. The number of ether oxygens (including phenoxy) is 1. The summed E-state index contributed by atoms with van der Waals surface area (Å²) in [5.74, 6) is -0.666. The number of aliphatic carboxylic acids is 1. The molecule has 4 rings (SSSR count). The van der Waals surface area contributed by atoms with Crippen molar-refractivity contribution in [2.24, 2.45) is 5.92 Å². The maximum absolute atomic E-state index is 13.7. The van der Waals surface area contributed by atoms with Gasteiger partial charge in [0.15, 0.2) is 0 Å². The van der Waals surface area contributed by atoms with E-state index in [0.717, 1.165) is 36.8 Å². The van der Waals surface area contributed by atoms with Gasteiger partial charge in [-0.25, -0.2) is 0 Å². The number of nitrogens with zero attached hydrogens (tertiary/aromatic N) is 1. The Kier molecular flexibility index (Phi) is 6.91. The van der Waals surface area contributed by atoms with Crippen molar-refractivity contribution in [3.05, 3.63) is 63.2 Å². The quantitative estimate of drug-likeness (QED) is 0.495. The van der Waals surface area contributed by atoms with Crippen LogP contribution in [0.5, 0.6) is 5.75 Å². The SMILES string of the molecule is Cc1cc(OCc2ccc(C3CCCC3)c(C(F)(F)F)c2)cc(Cl)c1CN1CC(C(=O)O)C1. The van der Waals surface area contributed by atoms with Gasteiger partial charge in [0, 0.05) is 24.7 Å². The van der Waals surface area contributed by atoms with Crippen LogP contribution in [0.1, 0.15) is 59.4 Å². The summed E-state index contributed by atoms with van der Waals surface area (Å²) >= 11 is 6.45. The van der Waals surface area contributed by atoms with E-state index in [2.05, 4.69) is 0 Å². The van der Waals surface area contributed by atoms with E-state index in [1.807, 2.05) is 17.9 Å². The maximum atomic E-state index is 13.7. The van der Waals surface area contributed by atoms with Crippen molar-refractivity contribution in [1.29, 1.82) is 0 Å². The first-order valence-corrected chi connectivity index (χ1v) is 11.6. The minimum absolute atomic E-state index is 0.00948. The minimum Gasteiger partial charge on any atom is -0.489 e. The molecule has 0 amide bonds. The highest BCUT2D eigenvalue weighted by atomic mass is 35.5. The normalized spacial score (nSPS) is 17.8. The van der Waals surface area contributed by atoms with Crippen molar-refractivity contribution in [1.82, 2.24) is 4.90 Å². The van der Waals surface area contributed by atoms with Gasteiger partial charge in [0.05, 0.1) is 11.5 Å². The molecule has 0 radical (unpaired) electrons. The van der Waals surface area contributed by atoms with Crippen LogP contribution in [-0.4, -0.2) is 29.1 Å². The Hall–Kier alpha value is -2.25. The number of carboxylic acids is 1. The van der Waals surface area contributed by atoms with Crippen molar-refractivity contribution in [3.63, 3.8) is 0 Å². The standard InChI is InChI=1S/C25H27ClF3NO3/c1-15-8-19(10-23(26)21(15)13-30-11-18(12-30)24(31)32)33-14-16-6-7-20(17-4-2-3-5-17)22(9-16)25(27,28)29/h6-10,17-18H,2-5,11-14H2,1H3,(H,31,32). The molecule has 2 aliphatic rings. The van der Waals surface area contributed by atoms with Crippen LogP contribution in [0.2, 0.25) is 5.02 Å². The summed E-state index contributed by atoms with van der Waals surface area (Å²) in [4.78, 5) is 13.0. The molecule has 2 aromatic carbocycles. The Labute approximate surface area is 196 Å². The van der Waals surface area contributed by atoms with Gasteiger partial charge in [0.25, 0.3) is 0 Å². The molecule has 1 aliphatic heterocycles. The summed E-state index contributed by atoms with van der Waals surface area (Å²) in [6.07, 6.45) is -0.845. The van der Waals surface area contributed by atoms with Gasteiger partial charge in [0.2, 0.25) is 0 Å². The van der Waals surface area contributed by atoms with Crippen LogP contribution in [0.3, 0.4) is 0 Å². The average molecular weight is 482 g/mol. The fourth-order valence-electron chi connectivity index (χ4n) is 4.80. The monoisotopic (exact) mass is 481 g/mol. The van der Waals surface area contributed by atoms with Gasteiger partial charge in [-0.3, -0.25) is 9.69 Å². The Morgan fingerprint density at radius 1 is 1.18 bits per heavy atom. The highest BCUT2D eigenvalue weighted by Gasteiger charge is 2.36. The molecule has 1 saturated carbocycles. The lowest BCUT2D eigenvalue weighted by Crippen LogP contribution is -2.49. The van der Waals surface area contributed by atoms with Crippen LogP contribution < -0.4 is 4.74 Å². The maximum Gasteiger partial charge on any atom is 0.416 e. The first kappa shape index (κ1) is 23.9. The van der Waals surface area contributed by atoms with E-state index >= 15 is 0 Å². The molecule has 1 saturated heterocycles. The van der Waals surface area contributed by atoms with Crippen LogP contribution in [-0.2, 0) is 24.1 Å². The van der Waals surface area contributed by atoms with E-state index in [-0.39, 0.29) is 18.4 Å². The van der Waals surface area contributed by atoms with Crippen molar-refractivity contribution in [2.75, 3.05) is 13.1 Å². The Morgan fingerprint density at radius 2 is 1.88 bits per heavy atom. The van der Waals surface area contributed by atoms with Crippen LogP contribution >= 0.6 is 11.6 Å². The summed E-state index contributed by atoms with van der Waals surface area (Å²) in [5.41, 5.74) is 2.08. The highest BCUT2D eigenvalue weighted by Crippen LogP contribution is 2.42. The van der Waals surface area contributed by atoms with Crippen LogP contribution in [0.4, 0.5) is 13.2 Å². The molecule has 4 nitrogen and oxygen atoms in total. The van der Waals surface area contributed by atoms with Gasteiger partial charge in [0.1, 0.15) is 12.4 Å². The van der Waals surface area contributed by atoms with E-state index in [4.69, 9.17) is 21.4 Å². The number of benzene rings is 2. The van der Waals surface area contributed by atoms with Crippen molar-refractivity contribution >= 4 is 17.6 Å². The number of hydrogen-bond donors (Lipinski definition) is 1. The summed E-state index contributed by atoms with van der Waals surface area (Å²) in [6, 6.07) is 8.01. The third-order valence-electron chi connectivity index (χ3n) is 6.70. The summed E-state index contributed by atoms with van der Waals surface area (Å²) in [7, 11) is 0. The Balaban J connectivity index is 1.44. The van der Waals surface area contributed by atoms with Crippen LogP contribution in [0, 0.1) is 12.8 Å². The third-order valence-corrected chi connectivity index (χ3v) is 7.04. The van der Waals surface area contributed by atoms with E-state index in [0.29, 0.717) is 41.5 Å². The number of rotatable bonds is 7. The van der Waals surface area contributed by atoms with Crippen molar-refractivity contribution in [2.45, 2.75) is 57.9 Å². The predicted octanol–water partition coefficient (Wildman–Crippen LogP) is 6.42. The smallest absolute Gasteiger partial charge is 0.416 e. The van der Waals surface area contributed by atoms with Crippen LogP contribution in [0.15, 0.2) is 30.3 Å². The van der Waals surface area contributed by atoms with Gasteiger partial charge in [-0.1, -0.05) is 36.6 Å². The van der Waals surface area contributed by atoms with E-state index < -0.39 is 17.7 Å². The molecule has 178 valence electrons. The number of aryl methyl sites for hydroxylation is 1. The summed E-state index contributed by atoms with van der Waals surface area (Å²) in [5, 5.41) is 9.51. The van der Waals surface area contributed by atoms with E-state index in [9.17, 15) is 18.0 Å². The van der Waals surface area contributed by atoms with Gasteiger partial charge < -0.3 is 9.84 Å². The number of alkyl halides is 3. The lowest BCUT2D eigenvalue weighted by atomic mass is 9.91. The first-order chi connectivity index (χ1) is 15.6. The predicted molar refractivity (Wildman–Crippen MR) is 120 cm³/mol. The zero-order valence-corrected chi connectivity index (χ0v) is 19.2. The fraction of sp³-hybridized carbons (Fsp3) is 0.480. The van der Waals surface area contributed by atoms with Gasteiger partial charge >= 0.3 is 12.1 Å². The molecule has 2 fully saturated rings. The van der Waals surface area contributed by atoms with Gasteiger partial charge in [-0.05, 0) is 66.1 Å². The third kappa shape index (κ3) is 5.46. The second-order valence-corrected chi connectivity index (χ2v) is 9.53. The molecule has 0 spiro atoms. The fourth-order valence-corrected chi connectivity index (χ4v) is 5.12. The molecule has 1 aliphatic carbocycles. The topological polar surface area (TPSA) is 49.8 Å². The van der Waals surface area contributed by atoms with Gasteiger partial charge in [-0.2, -0.15) is 13.2 Å². The molecule has 1 N–H and O–H groups in total. The molecule has 8 heteroatoms. The number of carboxylic acid groups (broad SMARTS) is 1. The summed E-state index contributed by atoms with van der Waals surface area (Å²) in [6.45, 7) is 3.42. The number of hydrogen-bond acceptors (Lipinski definition) is 3. The molecule has 0 atom stereocenters. The molecular weight excluding hydrogens is 455 g/mol. The average Bonchev–Trinajstić information content (AvgIpc) is 3.24. The summed E-state index contributed by atoms with van der Waals surface area (Å²) < 4.78 is 46.9. The van der Waals surface area contributed by atoms with Crippen LogP contribution in [0.25, 0.3) is 0 Å². The zero-order chi connectivity index (χ0) is 23.8. The second-order valence-electron chi connectivity index (χ2n) is 9.12. The van der Waals surface area contributed by atoms with E-state index in [1.165, 1.54) is 6.07 Å². The van der Waals surface area contributed by atoms with Crippen molar-refractivity contribution < 1.29 is 27.8 Å². The van der Waals surface area contributed by atoms with E-state index in [1.54, 1.807) is 18.2 Å². The molecule has 0 unspecified atom stereocenters. The number of likely N-dealkylation sites (tertiary alicyclic amines) is 1. The Bertz CT molecular complexity index is 1010. The molecule has 33 heavy (non-hydrogen) atoms. The Morgan fingerprint density at radius 3 is 2.48 bits per heavy atom. The molecule has 2 aromatic rings. The largest absolute Gasteiger partial charge is 0.489 e. The number of halogens is 4. The lowest BCUT2D eigenvalue weighted by molar-refractivity contribution is -0.147. The van der Waals surface area contributed by atoms with Crippen molar-refractivity contribution in [3.8, 4) is 5.75 Å². The molecule has 0 bridgehead atoms. The zero-order valence-electron chi connectivity index (χ0n) is 18.4. The molecule has 1 heterocycles. The second kappa shape index (κ2) is 9.55.